The monoisotopic (exact) mass is 472 g/mol. The molecule has 1 N–H and O–H groups in total. The van der Waals surface area contributed by atoms with Gasteiger partial charge in [-0.05, 0) is 44.9 Å². The van der Waals surface area contributed by atoms with Crippen molar-refractivity contribution in [3.8, 4) is 6.07 Å². The van der Waals surface area contributed by atoms with Crippen molar-refractivity contribution >= 4 is 11.8 Å². The number of hydrogen-bond acceptors (Lipinski definition) is 5. The van der Waals surface area contributed by atoms with Crippen molar-refractivity contribution < 1.29 is 14.3 Å². The van der Waals surface area contributed by atoms with E-state index in [1.54, 1.807) is 0 Å². The lowest BCUT2D eigenvalue weighted by atomic mass is 9.74. The van der Waals surface area contributed by atoms with Crippen molar-refractivity contribution in [1.29, 1.82) is 5.26 Å². The number of nitriles is 1. The Morgan fingerprint density at radius 3 is 2.59 bits per heavy atom. The zero-order chi connectivity index (χ0) is 24.0. The number of nitrogens with one attached hydrogen (secondary N) is 1. The highest BCUT2D eigenvalue weighted by Gasteiger charge is 2.38. The van der Waals surface area contributed by atoms with E-state index in [0.29, 0.717) is 44.7 Å². The van der Waals surface area contributed by atoms with E-state index in [4.69, 9.17) is 4.74 Å². The van der Waals surface area contributed by atoms with Crippen LogP contribution in [0.15, 0.2) is 0 Å². The third-order valence-electron chi connectivity index (χ3n) is 8.80. The first-order chi connectivity index (χ1) is 16.5. The lowest BCUT2D eigenvalue weighted by Gasteiger charge is -2.38. The minimum Gasteiger partial charge on any atom is -0.378 e. The quantitative estimate of drug-likeness (QED) is 0.613. The average molecular weight is 473 g/mol. The number of hydrogen-bond donors (Lipinski definition) is 1. The van der Waals surface area contributed by atoms with E-state index in [9.17, 15) is 14.9 Å². The van der Waals surface area contributed by atoms with Crippen LogP contribution in [0.2, 0.25) is 0 Å². The van der Waals surface area contributed by atoms with E-state index in [0.717, 1.165) is 51.6 Å². The van der Waals surface area contributed by atoms with Crippen LogP contribution in [0, 0.1) is 28.6 Å². The Morgan fingerprint density at radius 1 is 1.09 bits per heavy atom. The second-order valence-corrected chi connectivity index (χ2v) is 11.5. The normalized spacial score (nSPS) is 32.2. The fourth-order valence-electron chi connectivity index (χ4n) is 6.68. The number of ether oxygens (including phenoxy) is 1. The van der Waals surface area contributed by atoms with Gasteiger partial charge in [-0.1, -0.05) is 38.5 Å². The molecule has 0 radical (unpaired) electrons. The molecule has 4 atom stereocenters. The Morgan fingerprint density at radius 2 is 1.85 bits per heavy atom. The van der Waals surface area contributed by atoms with Crippen LogP contribution in [-0.4, -0.2) is 73.1 Å². The number of likely N-dealkylation sites (tertiary alicyclic amines) is 1. The van der Waals surface area contributed by atoms with Crippen LogP contribution in [0.5, 0.6) is 0 Å². The van der Waals surface area contributed by atoms with Gasteiger partial charge in [-0.15, -0.1) is 0 Å². The number of nitrogens with zero attached hydrogens (tertiary/aromatic N) is 3. The summed E-state index contributed by atoms with van der Waals surface area (Å²) in [6.07, 6.45) is 12.5. The molecule has 190 valence electrons. The van der Waals surface area contributed by atoms with Gasteiger partial charge in [0.05, 0.1) is 24.7 Å². The smallest absolute Gasteiger partial charge is 0.223 e. The molecule has 0 aromatic heterocycles. The highest BCUT2D eigenvalue weighted by atomic mass is 16.5. The number of rotatable bonds is 7. The lowest BCUT2D eigenvalue weighted by Crippen LogP contribution is -2.46. The summed E-state index contributed by atoms with van der Waals surface area (Å²) >= 11 is 0. The van der Waals surface area contributed by atoms with Gasteiger partial charge in [0.1, 0.15) is 0 Å². The van der Waals surface area contributed by atoms with Crippen molar-refractivity contribution in [2.75, 3.05) is 39.4 Å². The van der Waals surface area contributed by atoms with E-state index < -0.39 is 0 Å². The van der Waals surface area contributed by atoms with Crippen molar-refractivity contribution in [2.24, 2.45) is 17.3 Å². The van der Waals surface area contributed by atoms with Gasteiger partial charge in [-0.25, -0.2) is 0 Å². The van der Waals surface area contributed by atoms with Crippen LogP contribution in [0.4, 0.5) is 0 Å². The van der Waals surface area contributed by atoms with Crippen LogP contribution in [-0.2, 0) is 14.3 Å². The summed E-state index contributed by atoms with van der Waals surface area (Å²) in [5.41, 5.74) is -0.213. The van der Waals surface area contributed by atoms with Gasteiger partial charge in [-0.3, -0.25) is 14.5 Å². The van der Waals surface area contributed by atoms with E-state index in [2.05, 4.69) is 23.2 Å². The predicted octanol–water partition coefficient (Wildman–Crippen LogP) is 3.48. The number of morpholine rings is 1. The first kappa shape index (κ1) is 25.4. The molecule has 2 saturated heterocycles. The van der Waals surface area contributed by atoms with Gasteiger partial charge in [0, 0.05) is 50.6 Å². The summed E-state index contributed by atoms with van der Waals surface area (Å²) < 4.78 is 5.40. The lowest BCUT2D eigenvalue weighted by molar-refractivity contribution is -0.140. The molecule has 0 aromatic carbocycles. The summed E-state index contributed by atoms with van der Waals surface area (Å²) in [5, 5.41) is 12.9. The Bertz CT molecular complexity index is 741. The van der Waals surface area contributed by atoms with Gasteiger partial charge in [-0.2, -0.15) is 5.26 Å². The van der Waals surface area contributed by atoms with Crippen molar-refractivity contribution in [1.82, 2.24) is 15.1 Å². The highest BCUT2D eigenvalue weighted by Crippen LogP contribution is 2.38. The third-order valence-corrected chi connectivity index (χ3v) is 8.80. The standard InChI is InChI=1S/C27H44N4O3/c1-27(20-28)10-5-8-24(18-27)31-11-9-23(19-31)29-26(33)22(16-21-6-3-2-4-7-21)17-25(32)30-12-14-34-15-13-30/h21-24H,2-19H2,1H3,(H,29,33)/t22-,23?,24?,27-/m1/s1. The van der Waals surface area contributed by atoms with E-state index >= 15 is 0 Å². The second kappa shape index (κ2) is 11.9. The van der Waals surface area contributed by atoms with Crippen LogP contribution in [0.25, 0.3) is 0 Å². The Hall–Kier alpha value is -1.65. The van der Waals surface area contributed by atoms with E-state index in [-0.39, 0.29) is 29.2 Å². The Labute approximate surface area is 205 Å². The fraction of sp³-hybridized carbons (Fsp3) is 0.889. The average Bonchev–Trinajstić information content (AvgIpc) is 3.33. The van der Waals surface area contributed by atoms with E-state index in [1.165, 1.54) is 32.1 Å². The summed E-state index contributed by atoms with van der Waals surface area (Å²) in [5.74, 6) is 0.506. The predicted molar refractivity (Wildman–Crippen MR) is 131 cm³/mol. The highest BCUT2D eigenvalue weighted by molar-refractivity contribution is 5.86. The van der Waals surface area contributed by atoms with Crippen LogP contribution in [0.3, 0.4) is 0 Å². The second-order valence-electron chi connectivity index (χ2n) is 11.5. The van der Waals surface area contributed by atoms with Crippen LogP contribution in [0.1, 0.15) is 84.0 Å². The molecule has 2 aliphatic carbocycles. The van der Waals surface area contributed by atoms with Gasteiger partial charge < -0.3 is 15.0 Å². The minimum atomic E-state index is -0.232. The molecule has 2 amide bonds. The number of carbonyl (C=O) groups excluding carboxylic acids is 2. The molecule has 2 saturated carbocycles. The molecule has 2 heterocycles. The molecule has 4 aliphatic rings. The van der Waals surface area contributed by atoms with Gasteiger partial charge in [0.25, 0.3) is 0 Å². The molecule has 4 fully saturated rings. The minimum absolute atomic E-state index is 0.0736. The first-order valence-corrected chi connectivity index (χ1v) is 13.8. The molecule has 0 aromatic rings. The van der Waals surface area contributed by atoms with Gasteiger partial charge in [0.2, 0.25) is 11.8 Å². The van der Waals surface area contributed by atoms with Gasteiger partial charge in [0.15, 0.2) is 0 Å². The number of carbonyl (C=O) groups is 2. The zero-order valence-electron chi connectivity index (χ0n) is 21.1. The topological polar surface area (TPSA) is 85.7 Å². The number of amides is 2. The van der Waals surface area contributed by atoms with E-state index in [1.807, 2.05) is 4.90 Å². The Balaban J connectivity index is 1.33. The molecule has 4 rings (SSSR count). The third kappa shape index (κ3) is 6.73. The molecule has 7 heteroatoms. The molecular formula is C27H44N4O3. The van der Waals surface area contributed by atoms with Crippen LogP contribution >= 0.6 is 0 Å². The summed E-state index contributed by atoms with van der Waals surface area (Å²) in [6, 6.07) is 3.13. The largest absolute Gasteiger partial charge is 0.378 e. The zero-order valence-corrected chi connectivity index (χ0v) is 21.1. The molecule has 0 spiro atoms. The van der Waals surface area contributed by atoms with Crippen molar-refractivity contribution in [3.63, 3.8) is 0 Å². The maximum absolute atomic E-state index is 13.5. The fourth-order valence-corrected chi connectivity index (χ4v) is 6.68. The molecule has 0 bridgehead atoms. The molecule has 2 aliphatic heterocycles. The van der Waals surface area contributed by atoms with Crippen LogP contribution < -0.4 is 5.32 Å². The molecule has 2 unspecified atom stereocenters. The molecule has 7 nitrogen and oxygen atoms in total. The maximum Gasteiger partial charge on any atom is 0.223 e. The summed E-state index contributed by atoms with van der Waals surface area (Å²) in [4.78, 5) is 30.8. The van der Waals surface area contributed by atoms with Crippen molar-refractivity contribution in [3.05, 3.63) is 0 Å². The van der Waals surface area contributed by atoms with Gasteiger partial charge >= 0.3 is 0 Å². The summed E-state index contributed by atoms with van der Waals surface area (Å²) in [6.45, 7) is 6.40. The summed E-state index contributed by atoms with van der Waals surface area (Å²) in [7, 11) is 0. The molecular weight excluding hydrogens is 428 g/mol. The maximum atomic E-state index is 13.5. The first-order valence-electron chi connectivity index (χ1n) is 13.8. The SMILES string of the molecule is C[C@@]1(C#N)CCCC(N2CCC(NC(=O)[C@@H](CC(=O)N3CCOCC3)CC3CCCCC3)C2)C1. The van der Waals surface area contributed by atoms with Crippen molar-refractivity contribution in [2.45, 2.75) is 96.1 Å². The Kier molecular flexibility index (Phi) is 8.87. The molecule has 34 heavy (non-hydrogen) atoms.